The van der Waals surface area contributed by atoms with Crippen LogP contribution in [0.1, 0.15) is 57.3 Å². The molecule has 0 aliphatic carbocycles. The molecule has 1 unspecified atom stereocenters. The monoisotopic (exact) mass is 373 g/mol. The van der Waals surface area contributed by atoms with E-state index in [2.05, 4.69) is 0 Å². The van der Waals surface area contributed by atoms with Gasteiger partial charge in [-0.2, -0.15) is 13.2 Å². The quantitative estimate of drug-likeness (QED) is 0.830. The average Bonchev–Trinajstić information content (AvgIpc) is 2.53. The van der Waals surface area contributed by atoms with Gasteiger partial charge in [0.1, 0.15) is 5.60 Å². The van der Waals surface area contributed by atoms with Crippen LogP contribution in [0, 0.1) is 5.92 Å². The zero-order valence-corrected chi connectivity index (χ0v) is 15.3. The van der Waals surface area contributed by atoms with Crippen molar-refractivity contribution in [1.82, 2.24) is 4.90 Å². The minimum atomic E-state index is -4.38. The number of hydrogen-bond acceptors (Lipinski definition) is 3. The van der Waals surface area contributed by atoms with Gasteiger partial charge >= 0.3 is 12.3 Å². The lowest BCUT2D eigenvalue weighted by Crippen LogP contribution is -2.41. The van der Waals surface area contributed by atoms with Crippen LogP contribution in [0.2, 0.25) is 0 Å². The molecule has 1 atom stereocenters. The van der Waals surface area contributed by atoms with E-state index < -0.39 is 23.4 Å². The zero-order valence-electron chi connectivity index (χ0n) is 15.3. The summed E-state index contributed by atoms with van der Waals surface area (Å²) in [6.45, 7) is 6.56. The van der Waals surface area contributed by atoms with Crippen LogP contribution in [0.5, 0.6) is 0 Å². The van der Waals surface area contributed by atoms with Gasteiger partial charge in [0.25, 0.3) is 0 Å². The second-order valence-corrected chi connectivity index (χ2v) is 7.78. The maximum absolute atomic E-state index is 12.6. The molecule has 0 spiro atoms. The smallest absolute Gasteiger partial charge is 0.416 e. The Morgan fingerprint density at radius 3 is 2.19 bits per heavy atom. The summed E-state index contributed by atoms with van der Waals surface area (Å²) in [5.74, 6) is 0.214. The van der Waals surface area contributed by atoms with Crippen LogP contribution in [0.15, 0.2) is 24.3 Å². The highest BCUT2D eigenvalue weighted by Gasteiger charge is 2.31. The van der Waals surface area contributed by atoms with Crippen molar-refractivity contribution < 1.29 is 27.8 Å². The molecule has 1 aromatic carbocycles. The van der Waals surface area contributed by atoms with Crippen molar-refractivity contribution in [2.24, 2.45) is 5.92 Å². The number of carbonyl (C=O) groups excluding carboxylic acids is 1. The zero-order chi connectivity index (χ0) is 19.5. The summed E-state index contributed by atoms with van der Waals surface area (Å²) in [7, 11) is 0. The third-order valence-corrected chi connectivity index (χ3v) is 4.45. The molecule has 4 nitrogen and oxygen atoms in total. The number of piperidine rings is 1. The van der Waals surface area contributed by atoms with Gasteiger partial charge < -0.3 is 14.7 Å². The van der Waals surface area contributed by atoms with E-state index >= 15 is 0 Å². The predicted molar refractivity (Wildman–Crippen MR) is 91.6 cm³/mol. The minimum absolute atomic E-state index is 0.214. The molecule has 1 saturated heterocycles. The van der Waals surface area contributed by atoms with Crippen molar-refractivity contribution in [3.63, 3.8) is 0 Å². The molecular weight excluding hydrogens is 347 g/mol. The molecule has 1 aliphatic rings. The van der Waals surface area contributed by atoms with Crippen molar-refractivity contribution in [3.05, 3.63) is 35.4 Å². The van der Waals surface area contributed by atoms with E-state index in [4.69, 9.17) is 4.74 Å². The number of alkyl halides is 3. The van der Waals surface area contributed by atoms with Crippen molar-refractivity contribution >= 4 is 6.09 Å². The number of benzene rings is 1. The van der Waals surface area contributed by atoms with Gasteiger partial charge in [-0.05, 0) is 63.6 Å². The van der Waals surface area contributed by atoms with E-state index in [1.165, 1.54) is 12.1 Å². The number of hydrogen-bond donors (Lipinski definition) is 1. The Labute approximate surface area is 151 Å². The second kappa shape index (κ2) is 7.86. The van der Waals surface area contributed by atoms with Crippen LogP contribution in [0.4, 0.5) is 18.0 Å². The normalized spacial score (nSPS) is 17.9. The fraction of sp³-hybridized carbons (Fsp3) is 0.632. The van der Waals surface area contributed by atoms with Crippen LogP contribution in [-0.4, -0.2) is 34.8 Å². The Hall–Kier alpha value is -1.76. The molecule has 0 saturated carbocycles. The largest absolute Gasteiger partial charge is 0.444 e. The fourth-order valence-corrected chi connectivity index (χ4v) is 3.02. The number of halogens is 3. The number of rotatable bonds is 3. The summed E-state index contributed by atoms with van der Waals surface area (Å²) in [6, 6.07) is 4.62. The predicted octanol–water partition coefficient (Wildman–Crippen LogP) is 4.78. The van der Waals surface area contributed by atoms with Gasteiger partial charge in [-0.3, -0.25) is 0 Å². The molecule has 0 radical (unpaired) electrons. The Morgan fingerprint density at radius 1 is 1.19 bits per heavy atom. The summed E-state index contributed by atoms with van der Waals surface area (Å²) in [5.41, 5.74) is -0.779. The van der Waals surface area contributed by atoms with E-state index in [0.29, 0.717) is 25.1 Å². The van der Waals surface area contributed by atoms with Crippen LogP contribution >= 0.6 is 0 Å². The number of ether oxygens (including phenoxy) is 1. The first-order valence-corrected chi connectivity index (χ1v) is 8.79. The molecule has 2 rings (SSSR count). The van der Waals surface area contributed by atoms with Crippen molar-refractivity contribution in [2.45, 2.75) is 57.9 Å². The van der Waals surface area contributed by atoms with Crippen LogP contribution < -0.4 is 0 Å². The first-order valence-electron chi connectivity index (χ1n) is 8.79. The van der Waals surface area contributed by atoms with Gasteiger partial charge in [0, 0.05) is 13.1 Å². The van der Waals surface area contributed by atoms with Gasteiger partial charge in [-0.15, -0.1) is 0 Å². The molecule has 0 aromatic heterocycles. The van der Waals surface area contributed by atoms with E-state index in [9.17, 15) is 23.1 Å². The van der Waals surface area contributed by atoms with Gasteiger partial charge in [0.05, 0.1) is 11.7 Å². The molecule has 1 aliphatic heterocycles. The Bertz CT molecular complexity index is 600. The average molecular weight is 373 g/mol. The third-order valence-electron chi connectivity index (χ3n) is 4.45. The molecule has 1 N–H and O–H groups in total. The standard InChI is InChI=1S/C19H26F3NO3/c1-18(2,3)26-17(25)23-10-8-13(9-11-23)12-16(24)14-4-6-15(7-5-14)19(20,21)22/h4-7,13,16,24H,8-12H2,1-3H3. The highest BCUT2D eigenvalue weighted by molar-refractivity contribution is 5.68. The maximum atomic E-state index is 12.6. The van der Waals surface area contributed by atoms with Crippen LogP contribution in [0.25, 0.3) is 0 Å². The Kier molecular flexibility index (Phi) is 6.21. The molecule has 1 heterocycles. The van der Waals surface area contributed by atoms with Crippen LogP contribution in [0.3, 0.4) is 0 Å². The van der Waals surface area contributed by atoms with E-state index in [1.807, 2.05) is 20.8 Å². The molecular formula is C19H26F3NO3. The Balaban J connectivity index is 1.84. The molecule has 1 fully saturated rings. The van der Waals surface area contributed by atoms with E-state index in [0.717, 1.165) is 25.0 Å². The molecule has 7 heteroatoms. The Morgan fingerprint density at radius 2 is 1.73 bits per heavy atom. The van der Waals surface area contributed by atoms with E-state index in [1.54, 1.807) is 4.90 Å². The van der Waals surface area contributed by atoms with Crippen LogP contribution in [-0.2, 0) is 10.9 Å². The summed E-state index contributed by atoms with van der Waals surface area (Å²) >= 11 is 0. The highest BCUT2D eigenvalue weighted by atomic mass is 19.4. The topological polar surface area (TPSA) is 49.8 Å². The third kappa shape index (κ3) is 5.90. The SMILES string of the molecule is CC(C)(C)OC(=O)N1CCC(CC(O)c2ccc(C(F)(F)F)cc2)CC1. The summed E-state index contributed by atoms with van der Waals surface area (Å²) in [4.78, 5) is 13.7. The summed E-state index contributed by atoms with van der Waals surface area (Å²) < 4.78 is 43.1. The van der Waals surface area contributed by atoms with Crippen molar-refractivity contribution in [1.29, 1.82) is 0 Å². The second-order valence-electron chi connectivity index (χ2n) is 7.78. The van der Waals surface area contributed by atoms with Crippen molar-refractivity contribution in [2.75, 3.05) is 13.1 Å². The minimum Gasteiger partial charge on any atom is -0.444 e. The van der Waals surface area contributed by atoms with Gasteiger partial charge in [-0.1, -0.05) is 12.1 Å². The molecule has 146 valence electrons. The lowest BCUT2D eigenvalue weighted by molar-refractivity contribution is -0.137. The van der Waals surface area contributed by atoms with Gasteiger partial charge in [0.2, 0.25) is 0 Å². The summed E-state index contributed by atoms with van der Waals surface area (Å²) in [6.07, 6.45) is -3.59. The lowest BCUT2D eigenvalue weighted by atomic mass is 9.89. The van der Waals surface area contributed by atoms with Gasteiger partial charge in [-0.25, -0.2) is 4.79 Å². The maximum Gasteiger partial charge on any atom is 0.416 e. The summed E-state index contributed by atoms with van der Waals surface area (Å²) in [5, 5.41) is 10.3. The fourth-order valence-electron chi connectivity index (χ4n) is 3.02. The number of nitrogens with zero attached hydrogens (tertiary/aromatic N) is 1. The molecule has 26 heavy (non-hydrogen) atoms. The number of carbonyl (C=O) groups is 1. The number of aliphatic hydroxyl groups excluding tert-OH is 1. The lowest BCUT2D eigenvalue weighted by Gasteiger charge is -2.34. The molecule has 1 aromatic rings. The number of aliphatic hydroxyl groups is 1. The molecule has 0 bridgehead atoms. The number of amides is 1. The number of likely N-dealkylation sites (tertiary alicyclic amines) is 1. The first-order chi connectivity index (χ1) is 12.0. The van der Waals surface area contributed by atoms with E-state index in [-0.39, 0.29) is 12.0 Å². The highest BCUT2D eigenvalue weighted by Crippen LogP contribution is 2.32. The first kappa shape index (κ1) is 20.6. The van der Waals surface area contributed by atoms with Gasteiger partial charge in [0.15, 0.2) is 0 Å². The van der Waals surface area contributed by atoms with Crippen molar-refractivity contribution in [3.8, 4) is 0 Å². The molecule has 1 amide bonds.